The normalized spacial score (nSPS) is 19.3. The van der Waals surface area contributed by atoms with Crippen LogP contribution >= 0.6 is 0 Å². The molecule has 0 saturated heterocycles. The molecule has 1 aliphatic carbocycles. The van der Waals surface area contributed by atoms with Crippen molar-refractivity contribution in [1.29, 1.82) is 0 Å². The maximum absolute atomic E-state index is 5.69. The molecule has 0 aliphatic heterocycles. The number of hydrogen-bond donors (Lipinski definition) is 1. The molecule has 0 bridgehead atoms. The molecule has 0 spiro atoms. The molecular weight excluding hydrogens is 210 g/mol. The third-order valence-corrected chi connectivity index (χ3v) is 3.92. The summed E-state index contributed by atoms with van der Waals surface area (Å²) in [5.74, 6) is 3.75. The van der Waals surface area contributed by atoms with E-state index in [4.69, 9.17) is 4.42 Å². The van der Waals surface area contributed by atoms with E-state index in [0.29, 0.717) is 6.04 Å². The maximum atomic E-state index is 5.69. The number of furan rings is 1. The number of nitrogens with one attached hydrogen (secondary N) is 1. The summed E-state index contributed by atoms with van der Waals surface area (Å²) in [6, 6.07) is 2.68. The van der Waals surface area contributed by atoms with Gasteiger partial charge in [0.05, 0.1) is 0 Å². The zero-order chi connectivity index (χ0) is 12.4. The summed E-state index contributed by atoms with van der Waals surface area (Å²) in [7, 11) is 0. The van der Waals surface area contributed by atoms with Crippen LogP contribution in [0.15, 0.2) is 10.5 Å². The number of rotatable bonds is 6. The SMILES string of the molecule is CCCNC(c1cc(C)oc1C)C(C)C1CC1. The van der Waals surface area contributed by atoms with Crippen molar-refractivity contribution < 1.29 is 4.42 Å². The first-order valence-corrected chi connectivity index (χ1v) is 6.93. The highest BCUT2D eigenvalue weighted by molar-refractivity contribution is 5.25. The summed E-state index contributed by atoms with van der Waals surface area (Å²) < 4.78 is 5.69. The van der Waals surface area contributed by atoms with Crippen molar-refractivity contribution in [3.8, 4) is 0 Å². The predicted molar refractivity (Wildman–Crippen MR) is 71.1 cm³/mol. The van der Waals surface area contributed by atoms with Crippen LogP contribution in [0.5, 0.6) is 0 Å². The maximum Gasteiger partial charge on any atom is 0.105 e. The first-order chi connectivity index (χ1) is 8.13. The summed E-state index contributed by atoms with van der Waals surface area (Å²) in [6.07, 6.45) is 3.99. The largest absolute Gasteiger partial charge is 0.466 e. The van der Waals surface area contributed by atoms with Crippen LogP contribution in [-0.2, 0) is 0 Å². The predicted octanol–water partition coefficient (Wildman–Crippen LogP) is 3.98. The molecule has 2 rings (SSSR count). The molecule has 0 aromatic carbocycles. The lowest BCUT2D eigenvalue weighted by Crippen LogP contribution is -2.28. The van der Waals surface area contributed by atoms with Gasteiger partial charge in [-0.25, -0.2) is 0 Å². The van der Waals surface area contributed by atoms with Gasteiger partial charge in [0, 0.05) is 11.6 Å². The van der Waals surface area contributed by atoms with Gasteiger partial charge in [0.1, 0.15) is 11.5 Å². The Kier molecular flexibility index (Phi) is 3.93. The van der Waals surface area contributed by atoms with Gasteiger partial charge in [-0.3, -0.25) is 0 Å². The number of aryl methyl sites for hydroxylation is 2. The van der Waals surface area contributed by atoms with Crippen LogP contribution in [0, 0.1) is 25.7 Å². The standard InChI is InChI=1S/C15H25NO/c1-5-8-16-15(11(3)13-6-7-13)14-9-10(2)17-12(14)4/h9,11,13,15-16H,5-8H2,1-4H3. The lowest BCUT2D eigenvalue weighted by atomic mass is 9.90. The van der Waals surface area contributed by atoms with Gasteiger partial charge in [0.25, 0.3) is 0 Å². The van der Waals surface area contributed by atoms with Crippen molar-refractivity contribution >= 4 is 0 Å². The van der Waals surface area contributed by atoms with Crippen molar-refractivity contribution in [3.63, 3.8) is 0 Å². The van der Waals surface area contributed by atoms with Gasteiger partial charge in [-0.2, -0.15) is 0 Å². The van der Waals surface area contributed by atoms with E-state index >= 15 is 0 Å². The van der Waals surface area contributed by atoms with Crippen LogP contribution in [0.25, 0.3) is 0 Å². The van der Waals surface area contributed by atoms with Crippen LogP contribution in [0.2, 0.25) is 0 Å². The lowest BCUT2D eigenvalue weighted by Gasteiger charge is -2.25. The van der Waals surface area contributed by atoms with Crippen molar-refractivity contribution in [2.75, 3.05) is 6.54 Å². The summed E-state index contributed by atoms with van der Waals surface area (Å²) in [4.78, 5) is 0. The van der Waals surface area contributed by atoms with Gasteiger partial charge < -0.3 is 9.73 Å². The Balaban J connectivity index is 2.15. The van der Waals surface area contributed by atoms with Crippen LogP contribution in [0.4, 0.5) is 0 Å². The van der Waals surface area contributed by atoms with Gasteiger partial charge in [-0.15, -0.1) is 0 Å². The minimum Gasteiger partial charge on any atom is -0.466 e. The van der Waals surface area contributed by atoms with Crippen molar-refractivity contribution in [2.45, 2.75) is 53.0 Å². The van der Waals surface area contributed by atoms with Crippen LogP contribution in [-0.4, -0.2) is 6.54 Å². The van der Waals surface area contributed by atoms with E-state index in [-0.39, 0.29) is 0 Å². The Hall–Kier alpha value is -0.760. The zero-order valence-corrected chi connectivity index (χ0v) is 11.5. The highest BCUT2D eigenvalue weighted by Crippen LogP contribution is 2.43. The molecule has 2 unspecified atom stereocenters. The van der Waals surface area contributed by atoms with E-state index in [0.717, 1.165) is 29.9 Å². The second-order valence-electron chi connectivity index (χ2n) is 5.50. The minimum absolute atomic E-state index is 0.472. The molecule has 0 amide bonds. The van der Waals surface area contributed by atoms with Gasteiger partial charge in [-0.05, 0) is 57.6 Å². The van der Waals surface area contributed by atoms with Crippen LogP contribution < -0.4 is 5.32 Å². The lowest BCUT2D eigenvalue weighted by molar-refractivity contribution is 0.344. The molecule has 2 heteroatoms. The second kappa shape index (κ2) is 5.26. The molecular formula is C15H25NO. The fourth-order valence-electron chi connectivity index (χ4n) is 2.73. The molecule has 1 heterocycles. The monoisotopic (exact) mass is 235 g/mol. The second-order valence-corrected chi connectivity index (χ2v) is 5.50. The molecule has 0 radical (unpaired) electrons. The molecule has 2 nitrogen and oxygen atoms in total. The van der Waals surface area contributed by atoms with Crippen LogP contribution in [0.1, 0.15) is 56.2 Å². The Labute approximate surface area is 105 Å². The van der Waals surface area contributed by atoms with Gasteiger partial charge in [0.15, 0.2) is 0 Å². The van der Waals surface area contributed by atoms with Gasteiger partial charge >= 0.3 is 0 Å². The Morgan fingerprint density at radius 1 is 1.41 bits per heavy atom. The first-order valence-electron chi connectivity index (χ1n) is 6.93. The van der Waals surface area contributed by atoms with E-state index in [9.17, 15) is 0 Å². The summed E-state index contributed by atoms with van der Waals surface area (Å²) >= 11 is 0. The quantitative estimate of drug-likeness (QED) is 0.806. The van der Waals surface area contributed by atoms with Crippen molar-refractivity contribution in [2.24, 2.45) is 11.8 Å². The minimum atomic E-state index is 0.472. The van der Waals surface area contributed by atoms with E-state index in [2.05, 4.69) is 32.2 Å². The van der Waals surface area contributed by atoms with Crippen LogP contribution in [0.3, 0.4) is 0 Å². The first kappa shape index (κ1) is 12.7. The zero-order valence-electron chi connectivity index (χ0n) is 11.5. The van der Waals surface area contributed by atoms with Gasteiger partial charge in [0.2, 0.25) is 0 Å². The molecule has 1 saturated carbocycles. The molecule has 2 atom stereocenters. The highest BCUT2D eigenvalue weighted by atomic mass is 16.3. The van der Waals surface area contributed by atoms with E-state index in [1.165, 1.54) is 24.8 Å². The molecule has 1 aliphatic rings. The van der Waals surface area contributed by atoms with E-state index in [1.54, 1.807) is 0 Å². The average molecular weight is 235 g/mol. The number of hydrogen-bond acceptors (Lipinski definition) is 2. The molecule has 1 fully saturated rings. The fourth-order valence-corrected chi connectivity index (χ4v) is 2.73. The van der Waals surface area contributed by atoms with Gasteiger partial charge in [-0.1, -0.05) is 13.8 Å². The molecule has 1 aromatic rings. The molecule has 96 valence electrons. The Bertz CT molecular complexity index is 365. The Morgan fingerprint density at radius 2 is 2.12 bits per heavy atom. The highest BCUT2D eigenvalue weighted by Gasteiger charge is 2.34. The summed E-state index contributed by atoms with van der Waals surface area (Å²) in [5.41, 5.74) is 1.37. The third kappa shape index (κ3) is 2.92. The third-order valence-electron chi connectivity index (χ3n) is 3.92. The Morgan fingerprint density at radius 3 is 2.59 bits per heavy atom. The van der Waals surface area contributed by atoms with E-state index < -0.39 is 0 Å². The summed E-state index contributed by atoms with van der Waals surface area (Å²) in [6.45, 7) is 9.81. The molecule has 1 aromatic heterocycles. The topological polar surface area (TPSA) is 25.2 Å². The smallest absolute Gasteiger partial charge is 0.105 e. The fraction of sp³-hybridized carbons (Fsp3) is 0.733. The average Bonchev–Trinajstić information content (AvgIpc) is 3.06. The summed E-state index contributed by atoms with van der Waals surface area (Å²) in [5, 5.41) is 3.70. The van der Waals surface area contributed by atoms with E-state index in [1.807, 2.05) is 6.92 Å². The van der Waals surface area contributed by atoms with Crippen molar-refractivity contribution in [3.05, 3.63) is 23.2 Å². The van der Waals surface area contributed by atoms with Crippen molar-refractivity contribution in [1.82, 2.24) is 5.32 Å². The molecule has 1 N–H and O–H groups in total. The molecule has 17 heavy (non-hydrogen) atoms.